The van der Waals surface area contributed by atoms with Crippen molar-refractivity contribution in [1.29, 1.82) is 0 Å². The summed E-state index contributed by atoms with van der Waals surface area (Å²) < 4.78 is 28.3. The monoisotopic (exact) mass is 606 g/mol. The molecule has 3 aromatic rings. The maximum atomic E-state index is 13.9. The van der Waals surface area contributed by atoms with E-state index in [2.05, 4.69) is 5.32 Å². The normalized spacial score (nSPS) is 11.9. The molecule has 0 saturated carbocycles. The molecule has 13 heteroatoms. The molecule has 0 bridgehead atoms. The number of amides is 2. The van der Waals surface area contributed by atoms with E-state index in [9.17, 15) is 28.1 Å². The molecule has 0 aliphatic heterocycles. The summed E-state index contributed by atoms with van der Waals surface area (Å²) in [6.07, 6.45) is 0.673. The van der Waals surface area contributed by atoms with Crippen LogP contribution in [0.5, 0.6) is 0 Å². The second-order valence-corrected chi connectivity index (χ2v) is 11.5. The lowest BCUT2D eigenvalue weighted by Crippen LogP contribution is -2.51. The highest BCUT2D eigenvalue weighted by molar-refractivity contribution is 7.92. The summed E-state index contributed by atoms with van der Waals surface area (Å²) in [7, 11) is -4.30. The van der Waals surface area contributed by atoms with Crippen molar-refractivity contribution in [3.63, 3.8) is 0 Å². The van der Waals surface area contributed by atoms with Crippen molar-refractivity contribution in [2.24, 2.45) is 0 Å². The van der Waals surface area contributed by atoms with Crippen molar-refractivity contribution in [3.8, 4) is 0 Å². The third-order valence-electron chi connectivity index (χ3n) is 6.07. The highest BCUT2D eigenvalue weighted by Crippen LogP contribution is 2.29. The molecule has 0 heterocycles. The second-order valence-electron chi connectivity index (χ2n) is 8.79. The van der Waals surface area contributed by atoms with Crippen LogP contribution in [0, 0.1) is 10.1 Å². The summed E-state index contributed by atoms with van der Waals surface area (Å²) in [6.45, 7) is 2.92. The topological polar surface area (TPSA) is 130 Å². The van der Waals surface area contributed by atoms with Gasteiger partial charge in [-0.15, -0.1) is 0 Å². The number of nitro benzene ring substituents is 1. The molecule has 40 heavy (non-hydrogen) atoms. The Hall–Kier alpha value is -3.67. The van der Waals surface area contributed by atoms with E-state index in [1.165, 1.54) is 48.2 Å². The summed E-state index contributed by atoms with van der Waals surface area (Å²) in [5.41, 5.74) is 0.173. The van der Waals surface area contributed by atoms with Crippen molar-refractivity contribution in [2.45, 2.75) is 37.8 Å². The molecule has 1 atom stereocenters. The van der Waals surface area contributed by atoms with E-state index in [0.29, 0.717) is 18.5 Å². The van der Waals surface area contributed by atoms with E-state index in [1.54, 1.807) is 24.3 Å². The number of rotatable bonds is 12. The SMILES string of the molecule is CCCNC(=O)[C@@H](C)N(Cc1c(Cl)cccc1Cl)C(=O)CN(c1ccc([N+](=O)[O-])cc1)S(=O)(=O)c1ccccc1. The van der Waals surface area contributed by atoms with Crippen molar-refractivity contribution in [3.05, 3.63) is 98.5 Å². The Balaban J connectivity index is 2.06. The van der Waals surface area contributed by atoms with E-state index in [0.717, 1.165) is 16.4 Å². The highest BCUT2D eigenvalue weighted by atomic mass is 35.5. The zero-order valence-corrected chi connectivity index (χ0v) is 24.1. The number of anilines is 1. The van der Waals surface area contributed by atoms with Gasteiger partial charge in [-0.25, -0.2) is 8.42 Å². The van der Waals surface area contributed by atoms with Crippen LogP contribution >= 0.6 is 23.2 Å². The molecule has 0 aliphatic rings. The van der Waals surface area contributed by atoms with Gasteiger partial charge in [0.1, 0.15) is 12.6 Å². The Bertz CT molecular complexity index is 1450. The van der Waals surface area contributed by atoms with Gasteiger partial charge in [-0.1, -0.05) is 54.4 Å². The zero-order valence-electron chi connectivity index (χ0n) is 21.8. The largest absolute Gasteiger partial charge is 0.354 e. The first kappa shape index (κ1) is 30.9. The molecule has 0 spiro atoms. The molecule has 0 saturated heterocycles. The summed E-state index contributed by atoms with van der Waals surface area (Å²) >= 11 is 12.7. The van der Waals surface area contributed by atoms with Crippen LogP contribution in [0.2, 0.25) is 10.0 Å². The van der Waals surface area contributed by atoms with Gasteiger partial charge in [-0.2, -0.15) is 0 Å². The van der Waals surface area contributed by atoms with Crippen LogP contribution in [0.1, 0.15) is 25.8 Å². The van der Waals surface area contributed by atoms with Crippen molar-refractivity contribution >= 4 is 56.4 Å². The molecule has 1 N–H and O–H groups in total. The standard InChI is InChI=1S/C27H28Cl2N4O6S/c1-3-16-30-27(35)19(2)31(17-23-24(28)10-7-11-25(23)29)26(34)18-32(20-12-14-21(15-13-20)33(36)37)40(38,39)22-8-5-4-6-9-22/h4-15,19H,3,16-18H2,1-2H3,(H,30,35)/t19-/m1/s1. The van der Waals surface area contributed by atoms with Gasteiger partial charge in [0.2, 0.25) is 11.8 Å². The molecule has 212 valence electrons. The van der Waals surface area contributed by atoms with Crippen LogP contribution in [0.4, 0.5) is 11.4 Å². The van der Waals surface area contributed by atoms with E-state index in [4.69, 9.17) is 23.2 Å². The summed E-state index contributed by atoms with van der Waals surface area (Å²) in [5, 5.41) is 14.5. The number of nitro groups is 1. The zero-order chi connectivity index (χ0) is 29.4. The quantitative estimate of drug-likeness (QED) is 0.227. The van der Waals surface area contributed by atoms with Crippen LogP contribution in [-0.2, 0) is 26.2 Å². The van der Waals surface area contributed by atoms with Gasteiger partial charge in [0.15, 0.2) is 0 Å². The first-order chi connectivity index (χ1) is 19.0. The lowest BCUT2D eigenvalue weighted by molar-refractivity contribution is -0.384. The minimum Gasteiger partial charge on any atom is -0.354 e. The van der Waals surface area contributed by atoms with E-state index in [-0.39, 0.29) is 32.9 Å². The Morgan fingerprint density at radius 1 is 0.975 bits per heavy atom. The molecule has 0 fully saturated rings. The molecule has 3 rings (SSSR count). The fourth-order valence-corrected chi connectivity index (χ4v) is 5.77. The number of benzene rings is 3. The predicted octanol–water partition coefficient (Wildman–Crippen LogP) is 5.04. The van der Waals surface area contributed by atoms with Crippen LogP contribution < -0.4 is 9.62 Å². The Morgan fingerprint density at radius 3 is 2.12 bits per heavy atom. The van der Waals surface area contributed by atoms with Gasteiger partial charge in [0, 0.05) is 40.8 Å². The number of non-ortho nitro benzene ring substituents is 1. The minimum absolute atomic E-state index is 0.0293. The predicted molar refractivity (Wildman–Crippen MR) is 154 cm³/mol. The number of sulfonamides is 1. The van der Waals surface area contributed by atoms with E-state index >= 15 is 0 Å². The third-order valence-corrected chi connectivity index (χ3v) is 8.56. The molecule has 2 amide bonds. The maximum absolute atomic E-state index is 13.9. The molecule has 0 radical (unpaired) electrons. The molecule has 0 aliphatic carbocycles. The minimum atomic E-state index is -4.30. The van der Waals surface area contributed by atoms with Crippen LogP contribution in [0.25, 0.3) is 0 Å². The van der Waals surface area contributed by atoms with Gasteiger partial charge in [0.25, 0.3) is 15.7 Å². The molecule has 10 nitrogen and oxygen atoms in total. The molecule has 0 aromatic heterocycles. The third kappa shape index (κ3) is 7.29. The summed E-state index contributed by atoms with van der Waals surface area (Å²) in [5.74, 6) is -1.15. The molecule has 3 aromatic carbocycles. The Kier molecular flexibility index (Phi) is 10.5. The lowest BCUT2D eigenvalue weighted by Gasteiger charge is -2.32. The Labute approximate surface area is 242 Å². The van der Waals surface area contributed by atoms with E-state index < -0.39 is 39.3 Å². The second kappa shape index (κ2) is 13.6. The fourth-order valence-electron chi connectivity index (χ4n) is 3.82. The number of hydrogen-bond donors (Lipinski definition) is 1. The molecule has 0 unspecified atom stereocenters. The van der Waals surface area contributed by atoms with Gasteiger partial charge in [-0.3, -0.25) is 24.0 Å². The first-order valence-electron chi connectivity index (χ1n) is 12.3. The maximum Gasteiger partial charge on any atom is 0.269 e. The number of hydrogen-bond acceptors (Lipinski definition) is 6. The average Bonchev–Trinajstić information content (AvgIpc) is 2.94. The van der Waals surface area contributed by atoms with Gasteiger partial charge < -0.3 is 10.2 Å². The van der Waals surface area contributed by atoms with E-state index in [1.807, 2.05) is 6.92 Å². The average molecular weight is 608 g/mol. The summed E-state index contributed by atoms with van der Waals surface area (Å²) in [6, 6.07) is 16.1. The molecular formula is C27H28Cl2N4O6S. The fraction of sp³-hybridized carbons (Fsp3) is 0.259. The van der Waals surface area contributed by atoms with Gasteiger partial charge in [0.05, 0.1) is 15.5 Å². The Morgan fingerprint density at radius 2 is 1.57 bits per heavy atom. The number of halogens is 2. The van der Waals surface area contributed by atoms with Gasteiger partial charge in [-0.05, 0) is 49.7 Å². The highest BCUT2D eigenvalue weighted by Gasteiger charge is 2.33. The van der Waals surface area contributed by atoms with Crippen LogP contribution in [0.15, 0.2) is 77.7 Å². The molecular weight excluding hydrogens is 579 g/mol. The van der Waals surface area contributed by atoms with Crippen molar-refractivity contribution < 1.29 is 22.9 Å². The van der Waals surface area contributed by atoms with Gasteiger partial charge >= 0.3 is 0 Å². The lowest BCUT2D eigenvalue weighted by atomic mass is 10.1. The first-order valence-corrected chi connectivity index (χ1v) is 14.5. The van der Waals surface area contributed by atoms with Crippen LogP contribution in [0.3, 0.4) is 0 Å². The number of nitrogens with zero attached hydrogens (tertiary/aromatic N) is 3. The number of carbonyl (C=O) groups excluding carboxylic acids is 2. The van der Waals surface area contributed by atoms with Crippen molar-refractivity contribution in [1.82, 2.24) is 10.2 Å². The van der Waals surface area contributed by atoms with Crippen molar-refractivity contribution in [2.75, 3.05) is 17.4 Å². The summed E-state index contributed by atoms with van der Waals surface area (Å²) in [4.78, 5) is 38.5. The van der Waals surface area contributed by atoms with Crippen LogP contribution in [-0.4, -0.2) is 49.2 Å². The number of carbonyl (C=O) groups is 2. The smallest absolute Gasteiger partial charge is 0.269 e. The number of nitrogens with one attached hydrogen (secondary N) is 1.